The van der Waals surface area contributed by atoms with E-state index >= 15 is 0 Å². The van der Waals surface area contributed by atoms with Crippen molar-refractivity contribution in [3.8, 4) is 0 Å². The Morgan fingerprint density at radius 3 is 3.00 bits per heavy atom. The van der Waals surface area contributed by atoms with E-state index in [4.69, 9.17) is 0 Å². The van der Waals surface area contributed by atoms with Gasteiger partial charge in [0.15, 0.2) is 0 Å². The van der Waals surface area contributed by atoms with Gasteiger partial charge < -0.3 is 0 Å². The van der Waals surface area contributed by atoms with E-state index in [-0.39, 0.29) is 0 Å². The van der Waals surface area contributed by atoms with Crippen molar-refractivity contribution in [2.75, 3.05) is 0 Å². The largest absolute Gasteiger partial charge is 0.280 e. The van der Waals surface area contributed by atoms with Crippen molar-refractivity contribution < 1.29 is 0 Å². The zero-order valence-electron chi connectivity index (χ0n) is 5.91. The van der Waals surface area contributed by atoms with Gasteiger partial charge in [-0.1, -0.05) is 18.2 Å². The Labute approximate surface area is 70.0 Å². The summed E-state index contributed by atoms with van der Waals surface area (Å²) in [7, 11) is 0. The summed E-state index contributed by atoms with van der Waals surface area (Å²) < 4.78 is 0. The smallest absolute Gasteiger partial charge is 0.0924 e. The summed E-state index contributed by atoms with van der Waals surface area (Å²) in [6.45, 7) is 0. The lowest BCUT2D eigenvalue weighted by Gasteiger charge is -1.88. The van der Waals surface area contributed by atoms with Crippen LogP contribution in [0.15, 0.2) is 24.3 Å². The Kier molecular flexibility index (Phi) is 1.58. The molecule has 56 valence electrons. The maximum absolute atomic E-state index is 4.18. The summed E-state index contributed by atoms with van der Waals surface area (Å²) in [5.74, 6) is 0.709. The molecule has 1 aromatic heterocycles. The van der Waals surface area contributed by atoms with Gasteiger partial charge in [-0.3, -0.25) is 5.10 Å². The molecule has 3 heteroatoms. The number of thiol groups is 1. The third kappa shape index (κ3) is 1.01. The van der Waals surface area contributed by atoms with Gasteiger partial charge in [0, 0.05) is 11.1 Å². The summed E-state index contributed by atoms with van der Waals surface area (Å²) in [5.41, 5.74) is 2.10. The van der Waals surface area contributed by atoms with Crippen molar-refractivity contribution in [1.29, 1.82) is 0 Å². The number of aromatic amines is 1. The summed E-state index contributed by atoms with van der Waals surface area (Å²) >= 11 is 4.18. The van der Waals surface area contributed by atoms with Gasteiger partial charge >= 0.3 is 0 Å². The van der Waals surface area contributed by atoms with E-state index in [1.54, 1.807) is 0 Å². The van der Waals surface area contributed by atoms with Crippen LogP contribution in [-0.2, 0) is 5.75 Å². The average molecular weight is 164 g/mol. The highest BCUT2D eigenvalue weighted by atomic mass is 32.1. The number of fused-ring (bicyclic) bond motifs is 1. The average Bonchev–Trinajstić information content (AvgIpc) is 2.47. The lowest BCUT2D eigenvalue weighted by Crippen LogP contribution is -1.75. The highest BCUT2D eigenvalue weighted by Gasteiger charge is 2.00. The van der Waals surface area contributed by atoms with Gasteiger partial charge in [0.05, 0.1) is 11.2 Å². The van der Waals surface area contributed by atoms with Crippen LogP contribution in [0.1, 0.15) is 5.69 Å². The molecule has 1 heterocycles. The molecule has 1 aromatic carbocycles. The van der Waals surface area contributed by atoms with Gasteiger partial charge in [0.1, 0.15) is 0 Å². The Bertz CT molecular complexity index is 367. The molecule has 1 N–H and O–H groups in total. The Balaban J connectivity index is 2.76. The van der Waals surface area contributed by atoms with Crippen molar-refractivity contribution >= 4 is 23.5 Å². The second-order valence-corrected chi connectivity index (χ2v) is 2.69. The minimum atomic E-state index is 0.709. The SMILES string of the molecule is SCc1[nH]nc2ccccc12. The number of rotatable bonds is 1. The molecule has 0 unspecified atom stereocenters. The number of nitrogens with zero attached hydrogens (tertiary/aromatic N) is 1. The molecule has 0 amide bonds. The molecule has 0 aliphatic heterocycles. The van der Waals surface area contributed by atoms with Crippen molar-refractivity contribution in [2.45, 2.75) is 5.75 Å². The first-order chi connectivity index (χ1) is 5.42. The van der Waals surface area contributed by atoms with E-state index in [9.17, 15) is 0 Å². The zero-order chi connectivity index (χ0) is 7.68. The van der Waals surface area contributed by atoms with E-state index in [1.807, 2.05) is 24.3 Å². The summed E-state index contributed by atoms with van der Waals surface area (Å²) in [5, 5.41) is 8.22. The number of hydrogen-bond donors (Lipinski definition) is 2. The minimum Gasteiger partial charge on any atom is -0.280 e. The maximum atomic E-state index is 4.18. The lowest BCUT2D eigenvalue weighted by molar-refractivity contribution is 1.06. The van der Waals surface area contributed by atoms with Crippen LogP contribution in [0.2, 0.25) is 0 Å². The number of benzene rings is 1. The molecule has 2 aromatic rings. The quantitative estimate of drug-likeness (QED) is 0.620. The van der Waals surface area contributed by atoms with Crippen LogP contribution in [0, 0.1) is 0 Å². The molecule has 0 radical (unpaired) electrons. The topological polar surface area (TPSA) is 28.7 Å². The summed E-state index contributed by atoms with van der Waals surface area (Å²) in [4.78, 5) is 0. The number of hydrogen-bond acceptors (Lipinski definition) is 2. The molecular weight excluding hydrogens is 156 g/mol. The van der Waals surface area contributed by atoms with Crippen molar-refractivity contribution in [1.82, 2.24) is 10.2 Å². The zero-order valence-corrected chi connectivity index (χ0v) is 6.81. The van der Waals surface area contributed by atoms with Gasteiger partial charge in [0.25, 0.3) is 0 Å². The van der Waals surface area contributed by atoms with E-state index in [2.05, 4.69) is 22.8 Å². The van der Waals surface area contributed by atoms with E-state index in [0.717, 1.165) is 11.2 Å². The molecule has 0 spiro atoms. The van der Waals surface area contributed by atoms with Crippen LogP contribution in [0.5, 0.6) is 0 Å². The third-order valence-corrected chi connectivity index (χ3v) is 2.01. The number of H-pyrrole nitrogens is 1. The van der Waals surface area contributed by atoms with Gasteiger partial charge in [-0.25, -0.2) is 0 Å². The molecule has 0 aliphatic rings. The van der Waals surface area contributed by atoms with Crippen molar-refractivity contribution in [3.63, 3.8) is 0 Å². The molecule has 0 atom stereocenters. The van der Waals surface area contributed by atoms with Crippen LogP contribution < -0.4 is 0 Å². The van der Waals surface area contributed by atoms with Crippen LogP contribution in [0.3, 0.4) is 0 Å². The second kappa shape index (κ2) is 2.58. The molecule has 2 rings (SSSR count). The Morgan fingerprint density at radius 2 is 2.18 bits per heavy atom. The van der Waals surface area contributed by atoms with Crippen LogP contribution in [0.4, 0.5) is 0 Å². The van der Waals surface area contributed by atoms with E-state index < -0.39 is 0 Å². The van der Waals surface area contributed by atoms with Gasteiger partial charge in [-0.05, 0) is 6.07 Å². The van der Waals surface area contributed by atoms with Crippen molar-refractivity contribution in [2.24, 2.45) is 0 Å². The number of para-hydroxylation sites is 1. The molecule has 2 nitrogen and oxygen atoms in total. The highest BCUT2D eigenvalue weighted by molar-refractivity contribution is 7.79. The molecule has 0 bridgehead atoms. The predicted octanol–water partition coefficient (Wildman–Crippen LogP) is 1.99. The number of aromatic nitrogens is 2. The molecule has 11 heavy (non-hydrogen) atoms. The predicted molar refractivity (Wildman–Crippen MR) is 48.8 cm³/mol. The lowest BCUT2D eigenvalue weighted by atomic mass is 10.2. The van der Waals surface area contributed by atoms with Gasteiger partial charge in [0.2, 0.25) is 0 Å². The summed E-state index contributed by atoms with van der Waals surface area (Å²) in [6.07, 6.45) is 0. The molecule has 0 saturated carbocycles. The Hall–Kier alpha value is -0.960. The fraction of sp³-hybridized carbons (Fsp3) is 0.125. The third-order valence-electron chi connectivity index (χ3n) is 1.70. The van der Waals surface area contributed by atoms with Gasteiger partial charge in [-0.2, -0.15) is 17.7 Å². The fourth-order valence-electron chi connectivity index (χ4n) is 1.13. The van der Waals surface area contributed by atoms with E-state index in [0.29, 0.717) is 5.75 Å². The van der Waals surface area contributed by atoms with E-state index in [1.165, 1.54) is 5.39 Å². The molecular formula is C8H8N2S. The monoisotopic (exact) mass is 164 g/mol. The first-order valence-electron chi connectivity index (χ1n) is 3.44. The summed E-state index contributed by atoms with van der Waals surface area (Å²) in [6, 6.07) is 8.01. The normalized spacial score (nSPS) is 10.6. The van der Waals surface area contributed by atoms with Crippen LogP contribution >= 0.6 is 12.6 Å². The van der Waals surface area contributed by atoms with Crippen LogP contribution in [0.25, 0.3) is 10.9 Å². The highest BCUT2D eigenvalue weighted by Crippen LogP contribution is 2.15. The molecule has 0 saturated heterocycles. The fourth-order valence-corrected chi connectivity index (χ4v) is 1.38. The first kappa shape index (κ1) is 6.73. The molecule has 0 fully saturated rings. The standard InChI is InChI=1S/C8H8N2S/c11-5-8-6-3-1-2-4-7(6)9-10-8/h1-4,11H,5H2,(H,9,10). The Morgan fingerprint density at radius 1 is 1.36 bits per heavy atom. The van der Waals surface area contributed by atoms with Crippen molar-refractivity contribution in [3.05, 3.63) is 30.0 Å². The first-order valence-corrected chi connectivity index (χ1v) is 4.08. The minimum absolute atomic E-state index is 0.709. The number of nitrogens with one attached hydrogen (secondary N) is 1. The second-order valence-electron chi connectivity index (χ2n) is 2.38. The maximum Gasteiger partial charge on any atom is 0.0924 e. The van der Waals surface area contributed by atoms with Gasteiger partial charge in [-0.15, -0.1) is 0 Å². The molecule has 0 aliphatic carbocycles. The van der Waals surface area contributed by atoms with Crippen LogP contribution in [-0.4, -0.2) is 10.2 Å².